The number of thiazole rings is 1. The predicted molar refractivity (Wildman–Crippen MR) is 149 cm³/mol. The van der Waals surface area contributed by atoms with Crippen LogP contribution in [0, 0.1) is 0 Å². The Morgan fingerprint density at radius 1 is 1.00 bits per heavy atom. The van der Waals surface area contributed by atoms with Crippen LogP contribution in [0.15, 0.2) is 84.2 Å². The number of carboxylic acid groups (broad SMARTS) is 1. The lowest BCUT2D eigenvalue weighted by molar-refractivity contribution is -0.139. The molecule has 6 nitrogen and oxygen atoms in total. The van der Waals surface area contributed by atoms with Crippen molar-refractivity contribution in [3.05, 3.63) is 106 Å². The summed E-state index contributed by atoms with van der Waals surface area (Å²) in [6.07, 6.45) is 1.19. The fraction of sp³-hybridized carbons (Fsp3) is 0.207. The van der Waals surface area contributed by atoms with Crippen molar-refractivity contribution in [3.63, 3.8) is 0 Å². The van der Waals surface area contributed by atoms with Gasteiger partial charge in [0.1, 0.15) is 6.04 Å². The molecule has 0 fully saturated rings. The standard InChI is InChI=1S/C29H28ClN3O3S/c1-2-16-33(29-32-26(19-37-29)22-12-14-24(30)15-13-22)18-21-8-10-23(11-9-21)27(34)31-25(28(35)36)17-20-6-4-3-5-7-20/h3-15,19,25H,2,16-18H2,1H3,(H,31,34)(H,35,36). The molecule has 1 heterocycles. The molecule has 0 aliphatic rings. The molecule has 0 aliphatic carbocycles. The zero-order chi connectivity index (χ0) is 26.2. The third-order valence-corrected chi connectivity index (χ3v) is 7.03. The van der Waals surface area contributed by atoms with Gasteiger partial charge in [-0.25, -0.2) is 9.78 Å². The highest BCUT2D eigenvalue weighted by atomic mass is 35.5. The van der Waals surface area contributed by atoms with Gasteiger partial charge in [0, 0.05) is 41.0 Å². The molecule has 8 heteroatoms. The maximum absolute atomic E-state index is 12.8. The number of carboxylic acids is 1. The van der Waals surface area contributed by atoms with Gasteiger partial charge in [-0.1, -0.05) is 73.1 Å². The topological polar surface area (TPSA) is 82.5 Å². The van der Waals surface area contributed by atoms with E-state index in [2.05, 4.69) is 17.1 Å². The number of amides is 1. The molecule has 2 N–H and O–H groups in total. The minimum atomic E-state index is -1.06. The molecule has 0 saturated carbocycles. The lowest BCUT2D eigenvalue weighted by Crippen LogP contribution is -2.42. The first-order valence-corrected chi connectivity index (χ1v) is 13.3. The summed E-state index contributed by atoms with van der Waals surface area (Å²) in [6.45, 7) is 3.62. The Kier molecular flexibility index (Phi) is 8.93. The summed E-state index contributed by atoms with van der Waals surface area (Å²) < 4.78 is 0. The summed E-state index contributed by atoms with van der Waals surface area (Å²) >= 11 is 7.61. The summed E-state index contributed by atoms with van der Waals surface area (Å²) in [5, 5.41) is 15.9. The van der Waals surface area contributed by atoms with Gasteiger partial charge in [-0.05, 0) is 41.8 Å². The van der Waals surface area contributed by atoms with Gasteiger partial charge in [-0.2, -0.15) is 0 Å². The molecule has 0 bridgehead atoms. The molecule has 0 saturated heterocycles. The van der Waals surface area contributed by atoms with Crippen molar-refractivity contribution in [2.75, 3.05) is 11.4 Å². The Labute approximate surface area is 225 Å². The molecule has 0 aliphatic heterocycles. The van der Waals surface area contributed by atoms with Gasteiger partial charge in [0.25, 0.3) is 5.91 Å². The summed E-state index contributed by atoms with van der Waals surface area (Å²) in [5.41, 5.74) is 4.23. The Hall–Kier alpha value is -3.68. The van der Waals surface area contributed by atoms with Gasteiger partial charge in [-0.3, -0.25) is 4.79 Å². The molecule has 4 rings (SSSR count). The predicted octanol–water partition coefficient (Wildman–Crippen LogP) is 6.31. The summed E-state index contributed by atoms with van der Waals surface area (Å²) in [6, 6.07) is 23.2. The number of benzene rings is 3. The number of aliphatic carboxylic acids is 1. The highest BCUT2D eigenvalue weighted by Gasteiger charge is 2.21. The summed E-state index contributed by atoms with van der Waals surface area (Å²) in [5.74, 6) is -1.47. The van der Waals surface area contributed by atoms with Crippen LogP contribution in [0.5, 0.6) is 0 Å². The molecule has 1 aromatic heterocycles. The molecular formula is C29H28ClN3O3S. The van der Waals surface area contributed by atoms with Crippen LogP contribution in [0.2, 0.25) is 5.02 Å². The van der Waals surface area contributed by atoms with Crippen LogP contribution in [0.25, 0.3) is 11.3 Å². The van der Waals surface area contributed by atoms with E-state index in [-0.39, 0.29) is 6.42 Å². The fourth-order valence-corrected chi connectivity index (χ4v) is 4.94. The Bertz CT molecular complexity index is 1320. The smallest absolute Gasteiger partial charge is 0.326 e. The summed E-state index contributed by atoms with van der Waals surface area (Å²) in [7, 11) is 0. The number of carbonyl (C=O) groups is 2. The summed E-state index contributed by atoms with van der Waals surface area (Å²) in [4.78, 5) is 31.5. The number of aromatic nitrogens is 1. The van der Waals surface area contributed by atoms with Crippen molar-refractivity contribution < 1.29 is 14.7 Å². The zero-order valence-electron chi connectivity index (χ0n) is 20.4. The van der Waals surface area contributed by atoms with E-state index in [9.17, 15) is 14.7 Å². The second-order valence-corrected chi connectivity index (χ2v) is 9.97. The van der Waals surface area contributed by atoms with Crippen molar-refractivity contribution in [2.45, 2.75) is 32.4 Å². The van der Waals surface area contributed by atoms with Crippen LogP contribution in [0.1, 0.15) is 34.8 Å². The molecular weight excluding hydrogens is 506 g/mol. The van der Waals surface area contributed by atoms with Crippen LogP contribution in [-0.2, 0) is 17.8 Å². The number of anilines is 1. The molecule has 4 aromatic rings. The Balaban J connectivity index is 1.42. The molecule has 1 atom stereocenters. The molecule has 0 radical (unpaired) electrons. The van der Waals surface area contributed by atoms with Gasteiger partial charge >= 0.3 is 5.97 Å². The molecule has 3 aromatic carbocycles. The normalized spacial score (nSPS) is 11.6. The second kappa shape index (κ2) is 12.5. The second-order valence-electron chi connectivity index (χ2n) is 8.69. The van der Waals surface area contributed by atoms with E-state index >= 15 is 0 Å². The van der Waals surface area contributed by atoms with Gasteiger partial charge in [0.05, 0.1) is 5.69 Å². The van der Waals surface area contributed by atoms with E-state index in [0.29, 0.717) is 17.1 Å². The first-order chi connectivity index (χ1) is 17.9. The van der Waals surface area contributed by atoms with Crippen molar-refractivity contribution in [3.8, 4) is 11.3 Å². The number of carbonyl (C=O) groups excluding carboxylic acids is 1. The number of hydrogen-bond acceptors (Lipinski definition) is 5. The third-order valence-electron chi connectivity index (χ3n) is 5.87. The first-order valence-electron chi connectivity index (χ1n) is 12.1. The first kappa shape index (κ1) is 26.4. The average molecular weight is 534 g/mol. The highest BCUT2D eigenvalue weighted by Crippen LogP contribution is 2.29. The van der Waals surface area contributed by atoms with Crippen LogP contribution < -0.4 is 10.2 Å². The maximum atomic E-state index is 12.8. The number of hydrogen-bond donors (Lipinski definition) is 2. The molecule has 0 spiro atoms. The van der Waals surface area contributed by atoms with Crippen LogP contribution in [-0.4, -0.2) is 34.6 Å². The Morgan fingerprint density at radius 3 is 2.35 bits per heavy atom. The average Bonchev–Trinajstić information content (AvgIpc) is 3.40. The molecule has 1 amide bonds. The Morgan fingerprint density at radius 2 is 1.70 bits per heavy atom. The lowest BCUT2D eigenvalue weighted by Gasteiger charge is -2.21. The van der Waals surface area contributed by atoms with Gasteiger partial charge in [0.2, 0.25) is 0 Å². The van der Waals surface area contributed by atoms with Crippen LogP contribution in [0.4, 0.5) is 5.13 Å². The number of rotatable bonds is 11. The van der Waals surface area contributed by atoms with Crippen LogP contribution in [0.3, 0.4) is 0 Å². The van der Waals surface area contributed by atoms with E-state index in [0.717, 1.165) is 40.5 Å². The van der Waals surface area contributed by atoms with E-state index in [1.807, 2.05) is 72.1 Å². The van der Waals surface area contributed by atoms with E-state index in [4.69, 9.17) is 16.6 Å². The SMILES string of the molecule is CCCN(Cc1ccc(C(=O)NC(Cc2ccccc2)C(=O)O)cc1)c1nc(-c2ccc(Cl)cc2)cs1. The monoisotopic (exact) mass is 533 g/mol. The number of halogens is 1. The van der Waals surface area contributed by atoms with E-state index in [1.165, 1.54) is 0 Å². The minimum Gasteiger partial charge on any atom is -0.480 e. The quantitative estimate of drug-likeness (QED) is 0.236. The molecule has 1 unspecified atom stereocenters. The minimum absolute atomic E-state index is 0.220. The van der Waals surface area contributed by atoms with Crippen molar-refractivity contribution in [1.29, 1.82) is 0 Å². The van der Waals surface area contributed by atoms with Crippen LogP contribution >= 0.6 is 22.9 Å². The van der Waals surface area contributed by atoms with Gasteiger partial charge in [0.15, 0.2) is 5.13 Å². The van der Waals surface area contributed by atoms with E-state index < -0.39 is 17.9 Å². The van der Waals surface area contributed by atoms with Gasteiger partial charge < -0.3 is 15.3 Å². The van der Waals surface area contributed by atoms with E-state index in [1.54, 1.807) is 23.5 Å². The van der Waals surface area contributed by atoms with Crippen molar-refractivity contribution in [2.24, 2.45) is 0 Å². The number of nitrogens with one attached hydrogen (secondary N) is 1. The van der Waals surface area contributed by atoms with Gasteiger partial charge in [-0.15, -0.1) is 11.3 Å². The molecule has 37 heavy (non-hydrogen) atoms. The zero-order valence-corrected chi connectivity index (χ0v) is 22.0. The molecule has 190 valence electrons. The highest BCUT2D eigenvalue weighted by molar-refractivity contribution is 7.14. The fourth-order valence-electron chi connectivity index (χ4n) is 3.95. The van der Waals surface area contributed by atoms with Crippen molar-refractivity contribution >= 4 is 39.9 Å². The lowest BCUT2D eigenvalue weighted by atomic mass is 10.1. The maximum Gasteiger partial charge on any atom is 0.326 e. The van der Waals surface area contributed by atoms with Crippen molar-refractivity contribution in [1.82, 2.24) is 10.3 Å². The number of nitrogens with zero attached hydrogens (tertiary/aromatic N) is 2. The largest absolute Gasteiger partial charge is 0.480 e. The third kappa shape index (κ3) is 7.18.